The van der Waals surface area contributed by atoms with Crippen molar-refractivity contribution >= 4 is 34.2 Å². The molecule has 2 heterocycles. The fourth-order valence-corrected chi connectivity index (χ4v) is 4.26. The first-order chi connectivity index (χ1) is 15.8. The number of carbonyl (C=O) groups is 3. The SMILES string of the molecule is CCOC(=O)c1c(-c2ccc(C)cc2C)csc1NC(=O)COC(=O)Cc1ccc(C)nc1. The van der Waals surface area contributed by atoms with Crippen molar-refractivity contribution in [3.05, 3.63) is 69.9 Å². The van der Waals surface area contributed by atoms with Crippen LogP contribution in [-0.2, 0) is 25.5 Å². The Morgan fingerprint density at radius 2 is 1.82 bits per heavy atom. The third-order valence-corrected chi connectivity index (χ3v) is 5.78. The maximum absolute atomic E-state index is 12.7. The van der Waals surface area contributed by atoms with Crippen LogP contribution < -0.4 is 5.32 Å². The monoisotopic (exact) mass is 466 g/mol. The smallest absolute Gasteiger partial charge is 0.341 e. The maximum atomic E-state index is 12.7. The molecule has 0 saturated heterocycles. The van der Waals surface area contributed by atoms with E-state index >= 15 is 0 Å². The van der Waals surface area contributed by atoms with Crippen LogP contribution >= 0.6 is 11.3 Å². The van der Waals surface area contributed by atoms with E-state index in [1.165, 1.54) is 11.3 Å². The van der Waals surface area contributed by atoms with Crippen LogP contribution in [0.2, 0.25) is 0 Å². The Labute approximate surface area is 196 Å². The van der Waals surface area contributed by atoms with Gasteiger partial charge in [-0.25, -0.2) is 4.79 Å². The third kappa shape index (κ3) is 6.26. The Kier molecular flexibility index (Phi) is 7.95. The highest BCUT2D eigenvalue weighted by molar-refractivity contribution is 7.15. The Morgan fingerprint density at radius 3 is 2.48 bits per heavy atom. The van der Waals surface area contributed by atoms with Gasteiger partial charge in [0.1, 0.15) is 10.6 Å². The first-order valence-electron chi connectivity index (χ1n) is 10.5. The number of rotatable bonds is 8. The molecule has 1 N–H and O–H groups in total. The summed E-state index contributed by atoms with van der Waals surface area (Å²) >= 11 is 1.22. The lowest BCUT2D eigenvalue weighted by Gasteiger charge is -2.11. The standard InChI is InChI=1S/C25H26N2O5S/c1-5-31-25(30)23-20(19-9-6-15(2)10-16(19)3)14-33-24(23)27-21(28)13-32-22(29)11-18-8-7-17(4)26-12-18/h6-10,12,14H,5,11,13H2,1-4H3,(H,27,28). The Balaban J connectivity index is 1.72. The Bertz CT molecular complexity index is 1170. The van der Waals surface area contributed by atoms with E-state index in [9.17, 15) is 14.4 Å². The quantitative estimate of drug-likeness (QED) is 0.486. The van der Waals surface area contributed by atoms with Gasteiger partial charge in [-0.3, -0.25) is 14.6 Å². The lowest BCUT2D eigenvalue weighted by molar-refractivity contribution is -0.146. The van der Waals surface area contributed by atoms with Gasteiger partial charge in [0.2, 0.25) is 0 Å². The highest BCUT2D eigenvalue weighted by atomic mass is 32.1. The van der Waals surface area contributed by atoms with Gasteiger partial charge in [-0.2, -0.15) is 0 Å². The van der Waals surface area contributed by atoms with E-state index in [2.05, 4.69) is 10.3 Å². The zero-order valence-corrected chi connectivity index (χ0v) is 19.9. The van der Waals surface area contributed by atoms with Crippen molar-refractivity contribution < 1.29 is 23.9 Å². The minimum atomic E-state index is -0.538. The number of amides is 1. The molecule has 0 saturated carbocycles. The molecule has 2 aromatic heterocycles. The van der Waals surface area contributed by atoms with E-state index in [0.717, 1.165) is 22.4 Å². The Morgan fingerprint density at radius 1 is 1.03 bits per heavy atom. The number of benzene rings is 1. The van der Waals surface area contributed by atoms with E-state index in [0.29, 0.717) is 21.7 Å². The van der Waals surface area contributed by atoms with Crippen LogP contribution in [0.1, 0.15) is 39.7 Å². The molecule has 0 bridgehead atoms. The molecule has 1 aromatic carbocycles. The second kappa shape index (κ2) is 10.9. The van der Waals surface area contributed by atoms with E-state index < -0.39 is 24.5 Å². The van der Waals surface area contributed by atoms with E-state index in [4.69, 9.17) is 9.47 Å². The number of hydrogen-bond donors (Lipinski definition) is 1. The fourth-order valence-electron chi connectivity index (χ4n) is 3.30. The van der Waals surface area contributed by atoms with Crippen molar-refractivity contribution in [1.29, 1.82) is 0 Å². The summed E-state index contributed by atoms with van der Waals surface area (Å²) in [6.45, 7) is 7.29. The normalized spacial score (nSPS) is 10.5. The number of aromatic nitrogens is 1. The molecule has 172 valence electrons. The predicted octanol–water partition coefficient (Wildman–Crippen LogP) is 4.64. The molecule has 33 heavy (non-hydrogen) atoms. The maximum Gasteiger partial charge on any atom is 0.341 e. The zero-order chi connectivity index (χ0) is 24.0. The minimum Gasteiger partial charge on any atom is -0.462 e. The molecule has 0 atom stereocenters. The van der Waals surface area contributed by atoms with E-state index in [1.54, 1.807) is 25.3 Å². The molecule has 1 amide bonds. The molecule has 3 rings (SSSR count). The lowest BCUT2D eigenvalue weighted by atomic mass is 9.97. The van der Waals surface area contributed by atoms with Gasteiger partial charge in [-0.05, 0) is 50.5 Å². The van der Waals surface area contributed by atoms with Crippen molar-refractivity contribution in [2.75, 3.05) is 18.5 Å². The van der Waals surface area contributed by atoms with Gasteiger partial charge < -0.3 is 14.8 Å². The summed E-state index contributed by atoms with van der Waals surface area (Å²) < 4.78 is 10.3. The number of ether oxygens (including phenoxy) is 2. The highest BCUT2D eigenvalue weighted by Crippen LogP contribution is 2.37. The van der Waals surface area contributed by atoms with Crippen LogP contribution in [0.5, 0.6) is 0 Å². The first-order valence-corrected chi connectivity index (χ1v) is 11.4. The molecule has 0 unspecified atom stereocenters. The van der Waals surface area contributed by atoms with Crippen LogP contribution in [0.25, 0.3) is 11.1 Å². The van der Waals surface area contributed by atoms with Crippen LogP contribution in [0.3, 0.4) is 0 Å². The molecule has 0 fully saturated rings. The van der Waals surface area contributed by atoms with Crippen molar-refractivity contribution in [3.63, 3.8) is 0 Å². The second-order valence-corrected chi connectivity index (χ2v) is 8.47. The number of nitrogens with zero attached hydrogens (tertiary/aromatic N) is 1. The number of thiophene rings is 1. The van der Waals surface area contributed by atoms with Crippen molar-refractivity contribution in [2.45, 2.75) is 34.1 Å². The summed E-state index contributed by atoms with van der Waals surface area (Å²) in [5.74, 6) is -1.60. The van der Waals surface area contributed by atoms with Crippen molar-refractivity contribution in [1.82, 2.24) is 4.98 Å². The molecular formula is C25H26N2O5S. The minimum absolute atomic E-state index is 0.0183. The summed E-state index contributed by atoms with van der Waals surface area (Å²) in [7, 11) is 0. The number of esters is 2. The zero-order valence-electron chi connectivity index (χ0n) is 19.1. The summed E-state index contributed by atoms with van der Waals surface area (Å²) in [6.07, 6.45) is 1.62. The van der Waals surface area contributed by atoms with Crippen LogP contribution in [-0.4, -0.2) is 36.0 Å². The average molecular weight is 467 g/mol. The van der Waals surface area contributed by atoms with Gasteiger partial charge in [-0.1, -0.05) is 29.8 Å². The van der Waals surface area contributed by atoms with E-state index in [1.807, 2.05) is 44.4 Å². The summed E-state index contributed by atoms with van der Waals surface area (Å²) in [4.78, 5) is 41.4. The molecule has 0 radical (unpaired) electrons. The molecule has 0 spiro atoms. The van der Waals surface area contributed by atoms with Gasteiger partial charge in [0.15, 0.2) is 6.61 Å². The molecule has 8 heteroatoms. The van der Waals surface area contributed by atoms with Crippen molar-refractivity contribution in [2.24, 2.45) is 0 Å². The van der Waals surface area contributed by atoms with Crippen LogP contribution in [0, 0.1) is 20.8 Å². The molecule has 0 aliphatic carbocycles. The molecule has 7 nitrogen and oxygen atoms in total. The summed E-state index contributed by atoms with van der Waals surface area (Å²) in [5, 5.41) is 4.86. The molecular weight excluding hydrogens is 440 g/mol. The van der Waals surface area contributed by atoms with Crippen LogP contribution in [0.15, 0.2) is 41.9 Å². The van der Waals surface area contributed by atoms with Gasteiger partial charge in [0.25, 0.3) is 5.91 Å². The van der Waals surface area contributed by atoms with Gasteiger partial charge in [0.05, 0.1) is 13.0 Å². The fraction of sp³-hybridized carbons (Fsp3) is 0.280. The van der Waals surface area contributed by atoms with Crippen molar-refractivity contribution in [3.8, 4) is 11.1 Å². The number of pyridine rings is 1. The average Bonchev–Trinajstić information content (AvgIpc) is 3.17. The topological polar surface area (TPSA) is 94.6 Å². The number of carbonyl (C=O) groups excluding carboxylic acids is 3. The van der Waals surface area contributed by atoms with Gasteiger partial charge in [-0.15, -0.1) is 11.3 Å². The number of hydrogen-bond acceptors (Lipinski definition) is 7. The molecule has 0 aliphatic heterocycles. The first kappa shape index (κ1) is 24.1. The number of aryl methyl sites for hydroxylation is 3. The molecule has 3 aromatic rings. The van der Waals surface area contributed by atoms with Gasteiger partial charge >= 0.3 is 11.9 Å². The predicted molar refractivity (Wildman–Crippen MR) is 127 cm³/mol. The Hall–Kier alpha value is -3.52. The number of anilines is 1. The largest absolute Gasteiger partial charge is 0.462 e. The lowest BCUT2D eigenvalue weighted by Crippen LogP contribution is -2.22. The van der Waals surface area contributed by atoms with E-state index in [-0.39, 0.29) is 13.0 Å². The summed E-state index contributed by atoms with van der Waals surface area (Å²) in [5.41, 5.74) is 5.54. The van der Waals surface area contributed by atoms with Gasteiger partial charge in [0, 0.05) is 22.8 Å². The second-order valence-electron chi connectivity index (χ2n) is 7.59. The highest BCUT2D eigenvalue weighted by Gasteiger charge is 2.24. The molecule has 0 aliphatic rings. The summed E-state index contributed by atoms with van der Waals surface area (Å²) in [6, 6.07) is 9.54. The third-order valence-electron chi connectivity index (χ3n) is 4.88. The van der Waals surface area contributed by atoms with Crippen LogP contribution in [0.4, 0.5) is 5.00 Å². The number of nitrogens with one attached hydrogen (secondary N) is 1.